The molecule has 0 aliphatic heterocycles. The van der Waals surface area contributed by atoms with E-state index in [0.29, 0.717) is 15.7 Å². The summed E-state index contributed by atoms with van der Waals surface area (Å²) in [4.78, 5) is 20.7. The van der Waals surface area contributed by atoms with Crippen LogP contribution in [0.1, 0.15) is 0 Å². The Labute approximate surface area is 90.2 Å². The molecule has 0 aliphatic rings. The maximum Gasteiger partial charge on any atom is 0.249 e. The van der Waals surface area contributed by atoms with Gasteiger partial charge < -0.3 is 5.32 Å². The first-order valence-electron chi connectivity index (χ1n) is 3.67. The second kappa shape index (κ2) is 4.93. The quantitative estimate of drug-likeness (QED) is 0.816. The number of hydrogen-bond donors (Lipinski definition) is 1. The third kappa shape index (κ3) is 2.97. The van der Waals surface area contributed by atoms with Crippen molar-refractivity contribution in [2.24, 2.45) is 5.18 Å². The van der Waals surface area contributed by atoms with Crippen molar-refractivity contribution in [2.75, 3.05) is 11.9 Å². The molecule has 4 nitrogen and oxygen atoms in total. The summed E-state index contributed by atoms with van der Waals surface area (Å²) in [6, 6.07) is 4.62. The molecule has 0 spiro atoms. The minimum Gasteiger partial charge on any atom is -0.324 e. The van der Waals surface area contributed by atoms with Gasteiger partial charge in [-0.05, 0) is 18.2 Å². The molecule has 1 aromatic rings. The molecule has 1 N–H and O–H groups in total. The van der Waals surface area contributed by atoms with E-state index in [4.69, 9.17) is 23.2 Å². The standard InChI is InChI=1S/C8H6Cl2N2O2/c9-6-2-1-5(3-7(6)10)12-8(13)4-11-14/h1-3H,4H2,(H,12,13). The molecule has 1 rings (SSSR count). The number of carbonyl (C=O) groups excluding carboxylic acids is 1. The number of amides is 1. The Morgan fingerprint density at radius 1 is 1.36 bits per heavy atom. The number of halogens is 2. The summed E-state index contributed by atoms with van der Waals surface area (Å²) in [7, 11) is 0. The van der Waals surface area contributed by atoms with Crippen molar-refractivity contribution < 1.29 is 4.79 Å². The monoisotopic (exact) mass is 232 g/mol. The van der Waals surface area contributed by atoms with Gasteiger partial charge in [-0.3, -0.25) is 4.79 Å². The predicted molar refractivity (Wildman–Crippen MR) is 55.8 cm³/mol. The largest absolute Gasteiger partial charge is 0.324 e. The molecule has 0 saturated heterocycles. The minimum atomic E-state index is -0.488. The summed E-state index contributed by atoms with van der Waals surface area (Å²) >= 11 is 11.4. The highest BCUT2D eigenvalue weighted by Crippen LogP contribution is 2.24. The number of anilines is 1. The first-order valence-corrected chi connectivity index (χ1v) is 4.43. The zero-order valence-corrected chi connectivity index (χ0v) is 8.47. The van der Waals surface area contributed by atoms with Crippen LogP contribution in [0.25, 0.3) is 0 Å². The molecule has 0 radical (unpaired) electrons. The minimum absolute atomic E-state index is 0.337. The first kappa shape index (κ1) is 10.9. The zero-order chi connectivity index (χ0) is 10.6. The van der Waals surface area contributed by atoms with Crippen LogP contribution in [-0.4, -0.2) is 12.5 Å². The Morgan fingerprint density at radius 2 is 2.07 bits per heavy atom. The summed E-state index contributed by atoms with van der Waals surface area (Å²) in [5, 5.41) is 5.62. The van der Waals surface area contributed by atoms with E-state index in [1.54, 1.807) is 12.1 Å². The molecule has 14 heavy (non-hydrogen) atoms. The van der Waals surface area contributed by atoms with Crippen LogP contribution in [0.3, 0.4) is 0 Å². The van der Waals surface area contributed by atoms with Crippen molar-refractivity contribution in [3.8, 4) is 0 Å². The molecule has 0 unspecified atom stereocenters. The molecule has 74 valence electrons. The highest BCUT2D eigenvalue weighted by atomic mass is 35.5. The van der Waals surface area contributed by atoms with Crippen LogP contribution in [0.5, 0.6) is 0 Å². The average molecular weight is 233 g/mol. The van der Waals surface area contributed by atoms with E-state index in [1.807, 2.05) is 0 Å². The average Bonchev–Trinajstić information content (AvgIpc) is 2.12. The maximum absolute atomic E-state index is 10.9. The summed E-state index contributed by atoms with van der Waals surface area (Å²) in [6.07, 6.45) is 0. The van der Waals surface area contributed by atoms with Crippen molar-refractivity contribution in [3.05, 3.63) is 33.2 Å². The van der Waals surface area contributed by atoms with Crippen LogP contribution in [0.15, 0.2) is 23.4 Å². The van der Waals surface area contributed by atoms with Gasteiger partial charge in [-0.1, -0.05) is 28.4 Å². The number of rotatable bonds is 3. The molecular weight excluding hydrogens is 227 g/mol. The third-order valence-electron chi connectivity index (χ3n) is 1.41. The van der Waals surface area contributed by atoms with Gasteiger partial charge in [-0.2, -0.15) is 4.91 Å². The SMILES string of the molecule is O=NCC(=O)Nc1ccc(Cl)c(Cl)c1. The van der Waals surface area contributed by atoms with E-state index in [2.05, 4.69) is 10.5 Å². The lowest BCUT2D eigenvalue weighted by Crippen LogP contribution is -2.14. The Hall–Kier alpha value is -1.13. The Kier molecular flexibility index (Phi) is 3.85. The summed E-state index contributed by atoms with van der Waals surface area (Å²) < 4.78 is 0. The van der Waals surface area contributed by atoms with Crippen LogP contribution in [-0.2, 0) is 4.79 Å². The second-order valence-corrected chi connectivity index (χ2v) is 3.28. The highest BCUT2D eigenvalue weighted by Gasteiger charge is 2.03. The number of nitrogens with one attached hydrogen (secondary N) is 1. The summed E-state index contributed by atoms with van der Waals surface area (Å²) in [5.74, 6) is -0.488. The van der Waals surface area contributed by atoms with Gasteiger partial charge in [-0.25, -0.2) is 0 Å². The summed E-state index contributed by atoms with van der Waals surface area (Å²) in [6.45, 7) is -0.416. The zero-order valence-electron chi connectivity index (χ0n) is 6.96. The molecular formula is C8H6Cl2N2O2. The van der Waals surface area contributed by atoms with Gasteiger partial charge in [0.05, 0.1) is 10.0 Å². The Balaban J connectivity index is 2.72. The molecule has 0 fully saturated rings. The van der Waals surface area contributed by atoms with Gasteiger partial charge in [0.15, 0.2) is 6.54 Å². The normalized spacial score (nSPS) is 9.57. The molecule has 0 atom stereocenters. The maximum atomic E-state index is 10.9. The van der Waals surface area contributed by atoms with Crippen molar-refractivity contribution in [2.45, 2.75) is 0 Å². The van der Waals surface area contributed by atoms with Crippen LogP contribution in [0, 0.1) is 4.91 Å². The van der Waals surface area contributed by atoms with Crippen molar-refractivity contribution in [3.63, 3.8) is 0 Å². The van der Waals surface area contributed by atoms with Gasteiger partial charge in [-0.15, -0.1) is 0 Å². The predicted octanol–water partition coefficient (Wildman–Crippen LogP) is 2.70. The molecule has 0 aromatic heterocycles. The van der Waals surface area contributed by atoms with Gasteiger partial charge >= 0.3 is 0 Å². The highest BCUT2D eigenvalue weighted by molar-refractivity contribution is 6.42. The number of hydrogen-bond acceptors (Lipinski definition) is 3. The van der Waals surface area contributed by atoms with Crippen LogP contribution < -0.4 is 5.32 Å². The lowest BCUT2D eigenvalue weighted by Gasteiger charge is -2.03. The Morgan fingerprint density at radius 3 is 2.64 bits per heavy atom. The van der Waals surface area contributed by atoms with Crippen molar-refractivity contribution >= 4 is 34.8 Å². The van der Waals surface area contributed by atoms with Crippen LogP contribution in [0.2, 0.25) is 10.0 Å². The molecule has 0 saturated carbocycles. The van der Waals surface area contributed by atoms with Crippen molar-refractivity contribution in [1.82, 2.24) is 0 Å². The molecule has 1 aromatic carbocycles. The van der Waals surface area contributed by atoms with E-state index in [0.717, 1.165) is 0 Å². The van der Waals surface area contributed by atoms with E-state index >= 15 is 0 Å². The molecule has 0 aliphatic carbocycles. The molecule has 6 heteroatoms. The number of nitroso groups, excluding NO2 is 1. The van der Waals surface area contributed by atoms with E-state index < -0.39 is 12.5 Å². The second-order valence-electron chi connectivity index (χ2n) is 2.46. The lowest BCUT2D eigenvalue weighted by atomic mass is 10.3. The fraction of sp³-hybridized carbons (Fsp3) is 0.125. The van der Waals surface area contributed by atoms with E-state index in [1.165, 1.54) is 6.07 Å². The van der Waals surface area contributed by atoms with Crippen LogP contribution in [0.4, 0.5) is 5.69 Å². The van der Waals surface area contributed by atoms with Gasteiger partial charge in [0.2, 0.25) is 5.91 Å². The smallest absolute Gasteiger partial charge is 0.249 e. The van der Waals surface area contributed by atoms with Crippen molar-refractivity contribution in [1.29, 1.82) is 0 Å². The Bertz CT molecular complexity index is 368. The van der Waals surface area contributed by atoms with Crippen LogP contribution >= 0.6 is 23.2 Å². The molecule has 0 bridgehead atoms. The number of nitrogens with zero attached hydrogens (tertiary/aromatic N) is 1. The molecule has 1 amide bonds. The fourth-order valence-electron chi connectivity index (χ4n) is 0.833. The summed E-state index contributed by atoms with van der Waals surface area (Å²) in [5.41, 5.74) is 0.480. The van der Waals surface area contributed by atoms with Gasteiger partial charge in [0.1, 0.15) is 0 Å². The topological polar surface area (TPSA) is 58.5 Å². The van der Waals surface area contributed by atoms with E-state index in [-0.39, 0.29) is 0 Å². The first-order chi connectivity index (χ1) is 6.63. The molecule has 0 heterocycles. The lowest BCUT2D eigenvalue weighted by molar-refractivity contribution is -0.114. The fourth-order valence-corrected chi connectivity index (χ4v) is 1.13. The third-order valence-corrected chi connectivity index (χ3v) is 2.15. The van der Waals surface area contributed by atoms with E-state index in [9.17, 15) is 9.70 Å². The van der Waals surface area contributed by atoms with Gasteiger partial charge in [0.25, 0.3) is 0 Å². The number of benzene rings is 1. The van der Waals surface area contributed by atoms with Gasteiger partial charge in [0, 0.05) is 5.69 Å². The number of carbonyl (C=O) groups is 1.